The molecule has 3 aromatic rings. The first-order valence-electron chi connectivity index (χ1n) is 5.96. The average molecular weight is 265 g/mol. The van der Waals surface area contributed by atoms with Crippen LogP contribution in [0.3, 0.4) is 0 Å². The molecule has 2 aromatic carbocycles. The monoisotopic (exact) mass is 265 g/mol. The van der Waals surface area contributed by atoms with E-state index in [1.165, 1.54) is 11.5 Å². The molecule has 0 aliphatic heterocycles. The van der Waals surface area contributed by atoms with Crippen LogP contribution < -0.4 is 0 Å². The maximum absolute atomic E-state index is 12.5. The van der Waals surface area contributed by atoms with Gasteiger partial charge in [-0.3, -0.25) is 4.79 Å². The van der Waals surface area contributed by atoms with Crippen LogP contribution in [0, 0.1) is 0 Å². The molecule has 0 radical (unpaired) electrons. The fraction of sp³-hybridized carbons (Fsp3) is 0. The summed E-state index contributed by atoms with van der Waals surface area (Å²) in [7, 11) is 0. The first-order valence-corrected chi connectivity index (χ1v) is 6.79. The smallest absolute Gasteiger partial charge is 0.196 e. The van der Waals surface area contributed by atoms with E-state index in [1.807, 2.05) is 66.0 Å². The lowest BCUT2D eigenvalue weighted by atomic mass is 10.0. The molecular formula is C16H11NOS. The number of carbonyl (C=O) groups excluding carboxylic acids is 1. The maximum Gasteiger partial charge on any atom is 0.196 e. The molecule has 3 heteroatoms. The van der Waals surface area contributed by atoms with Crippen LogP contribution in [-0.2, 0) is 0 Å². The van der Waals surface area contributed by atoms with Crippen molar-refractivity contribution in [1.29, 1.82) is 0 Å². The summed E-state index contributed by atoms with van der Waals surface area (Å²) in [5.74, 6) is 0.0215. The van der Waals surface area contributed by atoms with E-state index >= 15 is 0 Å². The number of aromatic nitrogens is 1. The van der Waals surface area contributed by atoms with Crippen molar-refractivity contribution in [3.63, 3.8) is 0 Å². The predicted molar refractivity (Wildman–Crippen MR) is 77.4 cm³/mol. The Bertz CT molecular complexity index is 689. The molecular weight excluding hydrogens is 254 g/mol. The molecule has 0 aliphatic rings. The van der Waals surface area contributed by atoms with Crippen molar-refractivity contribution in [3.8, 4) is 11.3 Å². The molecule has 0 unspecified atom stereocenters. The Morgan fingerprint density at radius 2 is 1.53 bits per heavy atom. The molecule has 0 bridgehead atoms. The van der Waals surface area contributed by atoms with Gasteiger partial charge in [-0.25, -0.2) is 0 Å². The van der Waals surface area contributed by atoms with Gasteiger partial charge in [0.05, 0.1) is 11.3 Å². The van der Waals surface area contributed by atoms with Crippen molar-refractivity contribution in [2.24, 2.45) is 0 Å². The van der Waals surface area contributed by atoms with Gasteiger partial charge in [-0.05, 0) is 11.5 Å². The molecule has 0 saturated carbocycles. The second-order valence-electron chi connectivity index (χ2n) is 4.14. The number of hydrogen-bond donors (Lipinski definition) is 0. The van der Waals surface area contributed by atoms with Gasteiger partial charge >= 0.3 is 0 Å². The molecule has 2 nitrogen and oxygen atoms in total. The van der Waals surface area contributed by atoms with Crippen LogP contribution >= 0.6 is 11.5 Å². The fourth-order valence-electron chi connectivity index (χ4n) is 1.95. The van der Waals surface area contributed by atoms with Crippen LogP contribution in [0.2, 0.25) is 0 Å². The lowest BCUT2D eigenvalue weighted by Gasteiger charge is -2.02. The van der Waals surface area contributed by atoms with Crippen molar-refractivity contribution in [2.75, 3.05) is 0 Å². The minimum absolute atomic E-state index is 0.0215. The topological polar surface area (TPSA) is 30.0 Å². The van der Waals surface area contributed by atoms with Gasteiger partial charge < -0.3 is 0 Å². The van der Waals surface area contributed by atoms with Gasteiger partial charge in [0.15, 0.2) is 5.78 Å². The summed E-state index contributed by atoms with van der Waals surface area (Å²) in [4.78, 5) is 12.5. The zero-order valence-corrected chi connectivity index (χ0v) is 10.9. The highest BCUT2D eigenvalue weighted by Gasteiger charge is 2.16. The van der Waals surface area contributed by atoms with E-state index in [2.05, 4.69) is 4.37 Å². The SMILES string of the molecule is O=C(c1ccccc1)c1csnc1-c1ccccc1. The number of nitrogens with zero attached hydrogens (tertiary/aromatic N) is 1. The van der Waals surface area contributed by atoms with Crippen molar-refractivity contribution in [2.45, 2.75) is 0 Å². The van der Waals surface area contributed by atoms with Gasteiger partial charge in [0, 0.05) is 16.5 Å². The molecule has 92 valence electrons. The maximum atomic E-state index is 12.5. The van der Waals surface area contributed by atoms with Crippen LogP contribution in [0.4, 0.5) is 0 Å². The lowest BCUT2D eigenvalue weighted by molar-refractivity contribution is 0.103. The van der Waals surface area contributed by atoms with E-state index in [0.717, 1.165) is 11.3 Å². The van der Waals surface area contributed by atoms with Crippen molar-refractivity contribution < 1.29 is 4.79 Å². The molecule has 0 spiro atoms. The third-order valence-corrected chi connectivity index (χ3v) is 3.53. The summed E-state index contributed by atoms with van der Waals surface area (Å²) >= 11 is 1.31. The van der Waals surface area contributed by atoms with Crippen LogP contribution in [0.25, 0.3) is 11.3 Å². The highest BCUT2D eigenvalue weighted by Crippen LogP contribution is 2.25. The van der Waals surface area contributed by atoms with E-state index in [-0.39, 0.29) is 5.78 Å². The molecule has 0 N–H and O–H groups in total. The fourth-order valence-corrected chi connectivity index (χ4v) is 2.63. The Kier molecular flexibility index (Phi) is 3.21. The normalized spacial score (nSPS) is 10.3. The Morgan fingerprint density at radius 1 is 0.895 bits per heavy atom. The van der Waals surface area contributed by atoms with Gasteiger partial charge in [-0.2, -0.15) is 4.37 Å². The number of hydrogen-bond acceptors (Lipinski definition) is 3. The zero-order valence-electron chi connectivity index (χ0n) is 10.1. The Morgan fingerprint density at radius 3 is 2.21 bits per heavy atom. The second-order valence-corrected chi connectivity index (χ2v) is 4.77. The van der Waals surface area contributed by atoms with Gasteiger partial charge in [-0.1, -0.05) is 60.7 Å². The van der Waals surface area contributed by atoms with Gasteiger partial charge in [0.1, 0.15) is 0 Å². The summed E-state index contributed by atoms with van der Waals surface area (Å²) in [6, 6.07) is 19.1. The third-order valence-electron chi connectivity index (χ3n) is 2.90. The highest BCUT2D eigenvalue weighted by atomic mass is 32.1. The van der Waals surface area contributed by atoms with E-state index < -0.39 is 0 Å². The predicted octanol–water partition coefficient (Wildman–Crippen LogP) is 4.04. The van der Waals surface area contributed by atoms with E-state index in [9.17, 15) is 4.79 Å². The first-order chi connectivity index (χ1) is 9.36. The number of benzene rings is 2. The van der Waals surface area contributed by atoms with E-state index in [4.69, 9.17) is 0 Å². The summed E-state index contributed by atoms with van der Waals surface area (Å²) in [5, 5.41) is 1.82. The van der Waals surface area contributed by atoms with Gasteiger partial charge in [0.25, 0.3) is 0 Å². The average Bonchev–Trinajstić information content (AvgIpc) is 2.98. The minimum atomic E-state index is 0.0215. The van der Waals surface area contributed by atoms with E-state index in [1.54, 1.807) is 0 Å². The summed E-state index contributed by atoms with van der Waals surface area (Å²) in [6.07, 6.45) is 0. The molecule has 1 heterocycles. The number of carbonyl (C=O) groups is 1. The van der Waals surface area contributed by atoms with Crippen LogP contribution in [-0.4, -0.2) is 10.2 Å². The summed E-state index contributed by atoms with van der Waals surface area (Å²) in [5.41, 5.74) is 3.10. The quantitative estimate of drug-likeness (QED) is 0.669. The molecule has 0 aliphatic carbocycles. The summed E-state index contributed by atoms with van der Waals surface area (Å²) in [6.45, 7) is 0. The zero-order chi connectivity index (χ0) is 13.1. The third kappa shape index (κ3) is 2.33. The standard InChI is InChI=1S/C16H11NOS/c18-16(13-9-5-2-6-10-13)14-11-19-17-15(14)12-7-3-1-4-8-12/h1-11H. The Hall–Kier alpha value is -2.26. The Labute approximate surface area is 115 Å². The second kappa shape index (κ2) is 5.16. The van der Waals surface area contributed by atoms with Crippen molar-refractivity contribution >= 4 is 17.3 Å². The molecule has 1 aromatic heterocycles. The van der Waals surface area contributed by atoms with Crippen LogP contribution in [0.15, 0.2) is 66.0 Å². The van der Waals surface area contributed by atoms with Crippen LogP contribution in [0.5, 0.6) is 0 Å². The molecule has 3 rings (SSSR count). The number of rotatable bonds is 3. The molecule has 0 amide bonds. The minimum Gasteiger partial charge on any atom is -0.288 e. The molecule has 19 heavy (non-hydrogen) atoms. The van der Waals surface area contributed by atoms with Gasteiger partial charge in [0.2, 0.25) is 0 Å². The van der Waals surface area contributed by atoms with Crippen molar-refractivity contribution in [1.82, 2.24) is 4.37 Å². The Balaban J connectivity index is 2.04. The molecule has 0 saturated heterocycles. The number of ketones is 1. The largest absolute Gasteiger partial charge is 0.288 e. The van der Waals surface area contributed by atoms with Crippen LogP contribution in [0.1, 0.15) is 15.9 Å². The highest BCUT2D eigenvalue weighted by molar-refractivity contribution is 7.04. The molecule has 0 atom stereocenters. The lowest BCUT2D eigenvalue weighted by Crippen LogP contribution is -2.01. The van der Waals surface area contributed by atoms with Crippen molar-refractivity contribution in [3.05, 3.63) is 77.2 Å². The first kappa shape index (κ1) is 11.8. The van der Waals surface area contributed by atoms with Gasteiger partial charge in [-0.15, -0.1) is 0 Å². The summed E-state index contributed by atoms with van der Waals surface area (Å²) < 4.78 is 4.35. The molecule has 0 fully saturated rings. The van der Waals surface area contributed by atoms with E-state index in [0.29, 0.717) is 11.1 Å².